The SMILES string of the molecule is CC1=C(C)CC(c2cc3ccccc3cc2C=O)=C1. The van der Waals surface area contributed by atoms with E-state index in [0.717, 1.165) is 29.2 Å². The summed E-state index contributed by atoms with van der Waals surface area (Å²) in [5, 5.41) is 2.31. The van der Waals surface area contributed by atoms with Gasteiger partial charge in [-0.3, -0.25) is 4.79 Å². The van der Waals surface area contributed by atoms with E-state index in [1.165, 1.54) is 22.1 Å². The molecule has 0 amide bonds. The highest BCUT2D eigenvalue weighted by atomic mass is 16.1. The summed E-state index contributed by atoms with van der Waals surface area (Å²) in [6, 6.07) is 12.3. The maximum atomic E-state index is 11.3. The molecule has 1 aliphatic rings. The Morgan fingerprint density at radius 3 is 2.32 bits per heavy atom. The molecule has 0 bridgehead atoms. The van der Waals surface area contributed by atoms with E-state index in [4.69, 9.17) is 0 Å². The van der Waals surface area contributed by atoms with Crippen LogP contribution in [0.1, 0.15) is 36.2 Å². The molecule has 0 unspecified atom stereocenters. The number of hydrogen-bond donors (Lipinski definition) is 0. The smallest absolute Gasteiger partial charge is 0.150 e. The topological polar surface area (TPSA) is 17.1 Å². The predicted molar refractivity (Wildman–Crippen MR) is 80.3 cm³/mol. The van der Waals surface area contributed by atoms with Crippen molar-refractivity contribution < 1.29 is 4.79 Å². The Kier molecular flexibility index (Phi) is 2.83. The van der Waals surface area contributed by atoms with Crippen molar-refractivity contribution in [1.82, 2.24) is 0 Å². The lowest BCUT2D eigenvalue weighted by Crippen LogP contribution is -1.92. The molecule has 2 aromatic rings. The lowest BCUT2D eigenvalue weighted by Gasteiger charge is -2.09. The Labute approximate surface area is 113 Å². The molecule has 94 valence electrons. The van der Waals surface area contributed by atoms with E-state index in [1.807, 2.05) is 24.3 Å². The molecule has 1 aliphatic carbocycles. The molecular weight excluding hydrogens is 232 g/mol. The third-order valence-electron chi connectivity index (χ3n) is 3.91. The Morgan fingerprint density at radius 2 is 1.74 bits per heavy atom. The summed E-state index contributed by atoms with van der Waals surface area (Å²) in [6.45, 7) is 4.28. The van der Waals surface area contributed by atoms with Gasteiger partial charge in [-0.25, -0.2) is 0 Å². The Bertz CT molecular complexity index is 732. The third kappa shape index (κ3) is 2.01. The van der Waals surface area contributed by atoms with E-state index in [-0.39, 0.29) is 0 Å². The van der Waals surface area contributed by atoms with Crippen LogP contribution in [0.15, 0.2) is 53.6 Å². The Balaban J connectivity index is 2.18. The third-order valence-corrected chi connectivity index (χ3v) is 3.91. The van der Waals surface area contributed by atoms with Gasteiger partial charge in [-0.15, -0.1) is 0 Å². The second-order valence-corrected chi connectivity index (χ2v) is 5.21. The van der Waals surface area contributed by atoms with Crippen LogP contribution >= 0.6 is 0 Å². The molecule has 3 rings (SSSR count). The average Bonchev–Trinajstić information content (AvgIpc) is 2.77. The molecule has 0 aliphatic heterocycles. The minimum Gasteiger partial charge on any atom is -0.298 e. The summed E-state index contributed by atoms with van der Waals surface area (Å²) in [6.07, 6.45) is 4.11. The molecular formula is C18H16O. The second-order valence-electron chi connectivity index (χ2n) is 5.21. The van der Waals surface area contributed by atoms with Crippen LogP contribution in [-0.2, 0) is 0 Å². The van der Waals surface area contributed by atoms with Crippen molar-refractivity contribution in [2.24, 2.45) is 0 Å². The molecule has 0 fully saturated rings. The van der Waals surface area contributed by atoms with Crippen LogP contribution in [-0.4, -0.2) is 6.29 Å². The number of allylic oxidation sites excluding steroid dienone is 4. The van der Waals surface area contributed by atoms with Crippen molar-refractivity contribution in [2.45, 2.75) is 20.3 Å². The molecule has 1 heteroatoms. The van der Waals surface area contributed by atoms with Gasteiger partial charge in [-0.2, -0.15) is 0 Å². The lowest BCUT2D eigenvalue weighted by molar-refractivity contribution is 0.112. The van der Waals surface area contributed by atoms with Crippen molar-refractivity contribution in [3.8, 4) is 0 Å². The van der Waals surface area contributed by atoms with Crippen molar-refractivity contribution in [2.75, 3.05) is 0 Å². The molecule has 0 saturated heterocycles. The van der Waals surface area contributed by atoms with E-state index in [2.05, 4.69) is 32.1 Å². The van der Waals surface area contributed by atoms with E-state index in [9.17, 15) is 4.79 Å². The highest BCUT2D eigenvalue weighted by Gasteiger charge is 2.15. The molecule has 0 radical (unpaired) electrons. The fraction of sp³-hybridized carbons (Fsp3) is 0.167. The van der Waals surface area contributed by atoms with Gasteiger partial charge in [-0.1, -0.05) is 41.5 Å². The molecule has 2 aromatic carbocycles. The first kappa shape index (κ1) is 11.9. The highest BCUT2D eigenvalue weighted by Crippen LogP contribution is 2.34. The number of aldehydes is 1. The first-order valence-corrected chi connectivity index (χ1v) is 6.54. The molecule has 19 heavy (non-hydrogen) atoms. The van der Waals surface area contributed by atoms with Gasteiger partial charge >= 0.3 is 0 Å². The van der Waals surface area contributed by atoms with E-state index in [0.29, 0.717) is 0 Å². The summed E-state index contributed by atoms with van der Waals surface area (Å²) in [5.41, 5.74) is 5.82. The van der Waals surface area contributed by atoms with Crippen LogP contribution in [0.4, 0.5) is 0 Å². The van der Waals surface area contributed by atoms with Crippen LogP contribution in [0.5, 0.6) is 0 Å². The van der Waals surface area contributed by atoms with Crippen molar-refractivity contribution in [3.05, 3.63) is 64.7 Å². The van der Waals surface area contributed by atoms with Gasteiger partial charge in [0.25, 0.3) is 0 Å². The summed E-state index contributed by atoms with van der Waals surface area (Å²) >= 11 is 0. The normalized spacial score (nSPS) is 14.9. The summed E-state index contributed by atoms with van der Waals surface area (Å²) in [4.78, 5) is 11.3. The number of hydrogen-bond acceptors (Lipinski definition) is 1. The standard InChI is InChI=1S/C18H16O/c1-12-7-16(8-13(12)2)18-10-15-6-4-3-5-14(15)9-17(18)11-19/h3-7,9-11H,8H2,1-2H3. The van der Waals surface area contributed by atoms with Gasteiger partial charge in [-0.05, 0) is 54.3 Å². The molecule has 0 heterocycles. The second kappa shape index (κ2) is 4.51. The van der Waals surface area contributed by atoms with Crippen LogP contribution in [0.2, 0.25) is 0 Å². The Morgan fingerprint density at radius 1 is 1.05 bits per heavy atom. The van der Waals surface area contributed by atoms with Gasteiger partial charge < -0.3 is 0 Å². The highest BCUT2D eigenvalue weighted by molar-refractivity contribution is 5.96. The van der Waals surface area contributed by atoms with E-state index < -0.39 is 0 Å². The maximum Gasteiger partial charge on any atom is 0.150 e. The monoisotopic (exact) mass is 248 g/mol. The number of fused-ring (bicyclic) bond motifs is 1. The fourth-order valence-electron chi connectivity index (χ4n) is 2.67. The first-order chi connectivity index (χ1) is 9.19. The predicted octanol–water partition coefficient (Wildman–Crippen LogP) is 4.78. The maximum absolute atomic E-state index is 11.3. The number of carbonyl (C=O) groups excluding carboxylic acids is 1. The first-order valence-electron chi connectivity index (χ1n) is 6.54. The quantitative estimate of drug-likeness (QED) is 0.699. The molecule has 0 spiro atoms. The summed E-state index contributed by atoms with van der Waals surface area (Å²) in [5.74, 6) is 0. The van der Waals surface area contributed by atoms with Crippen LogP contribution in [0.25, 0.3) is 16.3 Å². The molecule has 0 atom stereocenters. The van der Waals surface area contributed by atoms with Gasteiger partial charge in [0.05, 0.1) is 0 Å². The van der Waals surface area contributed by atoms with Gasteiger partial charge in [0.1, 0.15) is 0 Å². The van der Waals surface area contributed by atoms with E-state index >= 15 is 0 Å². The molecule has 1 nitrogen and oxygen atoms in total. The van der Waals surface area contributed by atoms with Crippen LogP contribution in [0, 0.1) is 0 Å². The fourth-order valence-corrected chi connectivity index (χ4v) is 2.67. The zero-order chi connectivity index (χ0) is 13.4. The minimum atomic E-state index is 0.785. The number of carbonyl (C=O) groups is 1. The Hall–Kier alpha value is -2.15. The van der Waals surface area contributed by atoms with Crippen LogP contribution in [0.3, 0.4) is 0 Å². The molecule has 0 aromatic heterocycles. The van der Waals surface area contributed by atoms with Gasteiger partial charge in [0, 0.05) is 5.56 Å². The zero-order valence-corrected chi connectivity index (χ0v) is 11.2. The van der Waals surface area contributed by atoms with Crippen LogP contribution < -0.4 is 0 Å². The summed E-state index contributed by atoms with van der Waals surface area (Å²) in [7, 11) is 0. The van der Waals surface area contributed by atoms with Gasteiger partial charge in [0.2, 0.25) is 0 Å². The largest absolute Gasteiger partial charge is 0.298 e. The van der Waals surface area contributed by atoms with Crippen molar-refractivity contribution in [3.63, 3.8) is 0 Å². The molecule has 0 N–H and O–H groups in total. The average molecular weight is 248 g/mol. The zero-order valence-electron chi connectivity index (χ0n) is 11.2. The minimum absolute atomic E-state index is 0.785. The molecule has 0 saturated carbocycles. The number of benzene rings is 2. The van der Waals surface area contributed by atoms with E-state index in [1.54, 1.807) is 0 Å². The lowest BCUT2D eigenvalue weighted by atomic mass is 9.95. The van der Waals surface area contributed by atoms with Gasteiger partial charge in [0.15, 0.2) is 6.29 Å². The van der Waals surface area contributed by atoms with Crippen molar-refractivity contribution in [1.29, 1.82) is 0 Å². The number of rotatable bonds is 2. The van der Waals surface area contributed by atoms with Crippen molar-refractivity contribution >= 4 is 22.6 Å². The summed E-state index contributed by atoms with van der Waals surface area (Å²) < 4.78 is 0.